The van der Waals surface area contributed by atoms with Crippen molar-refractivity contribution in [3.63, 3.8) is 0 Å². The van der Waals surface area contributed by atoms with Crippen LogP contribution in [0.1, 0.15) is 30.2 Å². The Bertz CT molecular complexity index is 983. The lowest BCUT2D eigenvalue weighted by Crippen LogP contribution is -2.49. The average Bonchev–Trinajstić information content (AvgIpc) is 3.38. The number of carbonyl (C=O) groups is 1. The van der Waals surface area contributed by atoms with Gasteiger partial charge in [0.1, 0.15) is 12.0 Å². The molecule has 1 atom stereocenters. The molecule has 0 bridgehead atoms. The lowest BCUT2D eigenvalue weighted by molar-refractivity contribution is -0.000850. The number of nitrogens with zero attached hydrogens (tertiary/aromatic N) is 5. The van der Waals surface area contributed by atoms with Gasteiger partial charge >= 0.3 is 0 Å². The van der Waals surface area contributed by atoms with Gasteiger partial charge in [-0.15, -0.1) is 0 Å². The summed E-state index contributed by atoms with van der Waals surface area (Å²) in [5, 5.41) is 10.2. The summed E-state index contributed by atoms with van der Waals surface area (Å²) in [7, 11) is 1.67. The van der Waals surface area contributed by atoms with Gasteiger partial charge in [-0.1, -0.05) is 19.9 Å². The lowest BCUT2D eigenvalue weighted by Gasteiger charge is -2.35. The van der Waals surface area contributed by atoms with E-state index in [1.54, 1.807) is 7.11 Å². The maximum atomic E-state index is 13.0. The fraction of sp³-hybridized carbons (Fsp3) is 0.630. The molecule has 10 heteroatoms. The summed E-state index contributed by atoms with van der Waals surface area (Å²) in [6.45, 7) is 12.7. The number of hydrogen-bond acceptors (Lipinski definition) is 9. The number of rotatable bonds is 11. The molecule has 2 fully saturated rings. The Kier molecular flexibility index (Phi) is 9.79. The van der Waals surface area contributed by atoms with E-state index in [1.165, 1.54) is 6.26 Å². The summed E-state index contributed by atoms with van der Waals surface area (Å²) in [4.78, 5) is 26.1. The van der Waals surface area contributed by atoms with E-state index in [9.17, 15) is 9.90 Å². The van der Waals surface area contributed by atoms with Gasteiger partial charge < -0.3 is 28.8 Å². The molecular weight excluding hydrogens is 474 g/mol. The number of carbonyl (C=O) groups excluding carboxylic acids is 1. The number of methoxy groups -OCH3 is 1. The van der Waals surface area contributed by atoms with Crippen LogP contribution in [0.3, 0.4) is 0 Å². The van der Waals surface area contributed by atoms with E-state index >= 15 is 0 Å². The molecule has 4 rings (SSSR count). The molecule has 1 N–H and O–H groups in total. The molecular formula is C27H41N5O5. The molecule has 10 nitrogen and oxygen atoms in total. The van der Waals surface area contributed by atoms with Crippen molar-refractivity contribution >= 4 is 11.6 Å². The second-order valence-corrected chi connectivity index (χ2v) is 10.3. The van der Waals surface area contributed by atoms with Gasteiger partial charge in [0.2, 0.25) is 5.89 Å². The van der Waals surface area contributed by atoms with Gasteiger partial charge in [-0.25, -0.2) is 4.98 Å². The van der Waals surface area contributed by atoms with E-state index in [2.05, 4.69) is 39.6 Å². The van der Waals surface area contributed by atoms with E-state index in [4.69, 9.17) is 13.9 Å². The summed E-state index contributed by atoms with van der Waals surface area (Å²) in [6, 6.07) is 8.00. The minimum absolute atomic E-state index is 0.0845. The second-order valence-electron chi connectivity index (χ2n) is 10.3. The first-order valence-corrected chi connectivity index (χ1v) is 13.2. The standard InChI is InChI=1S/C27H41N5O5/c1-21(2)18-36-19-23(33)16-29-7-9-30(10-8-29)17-26-28-25(20-37-26)27(34)32-13-11-31(12-14-32)22-5-4-6-24(15-22)35-3/h4-6,15,20-21,23,33H,7-14,16-19H2,1-3H3. The Morgan fingerprint density at radius 3 is 2.49 bits per heavy atom. The van der Waals surface area contributed by atoms with Crippen LogP contribution in [0.2, 0.25) is 0 Å². The van der Waals surface area contributed by atoms with Crippen LogP contribution in [0.5, 0.6) is 5.75 Å². The number of aliphatic hydroxyl groups excluding tert-OH is 1. The van der Waals surface area contributed by atoms with Crippen LogP contribution in [0, 0.1) is 5.92 Å². The second kappa shape index (κ2) is 13.2. The third-order valence-corrected chi connectivity index (χ3v) is 6.81. The van der Waals surface area contributed by atoms with Gasteiger partial charge in [0, 0.05) is 77.3 Å². The molecule has 3 heterocycles. The number of ether oxygens (including phenoxy) is 2. The van der Waals surface area contributed by atoms with Crippen LogP contribution < -0.4 is 9.64 Å². The first kappa shape index (κ1) is 27.4. The zero-order valence-corrected chi connectivity index (χ0v) is 22.3. The highest BCUT2D eigenvalue weighted by Gasteiger charge is 2.26. The third kappa shape index (κ3) is 7.91. The molecule has 0 spiro atoms. The monoisotopic (exact) mass is 515 g/mol. The van der Waals surface area contributed by atoms with Crippen LogP contribution in [-0.4, -0.2) is 116 Å². The van der Waals surface area contributed by atoms with Crippen molar-refractivity contribution in [2.24, 2.45) is 5.92 Å². The summed E-state index contributed by atoms with van der Waals surface area (Å²) < 4.78 is 16.5. The van der Waals surface area contributed by atoms with Crippen molar-refractivity contribution < 1.29 is 23.8 Å². The van der Waals surface area contributed by atoms with Crippen molar-refractivity contribution in [2.75, 3.05) is 84.1 Å². The van der Waals surface area contributed by atoms with Crippen LogP contribution in [0.25, 0.3) is 0 Å². The number of β-amino-alcohol motifs (C(OH)–C–C–N with tert-alkyl or cyclic N) is 1. The quantitative estimate of drug-likeness (QED) is 0.481. The van der Waals surface area contributed by atoms with Crippen molar-refractivity contribution in [2.45, 2.75) is 26.5 Å². The van der Waals surface area contributed by atoms with Gasteiger partial charge in [-0.05, 0) is 18.1 Å². The fourth-order valence-corrected chi connectivity index (χ4v) is 4.73. The SMILES string of the molecule is COc1cccc(N2CCN(C(=O)c3coc(CN4CCN(CC(O)COCC(C)C)CC4)n3)CC2)c1. The molecule has 1 aromatic carbocycles. The summed E-state index contributed by atoms with van der Waals surface area (Å²) in [6.07, 6.45) is 1.01. The Morgan fingerprint density at radius 2 is 1.78 bits per heavy atom. The zero-order chi connectivity index (χ0) is 26.2. The Hall–Kier alpha value is -2.66. The number of hydrogen-bond donors (Lipinski definition) is 1. The predicted octanol–water partition coefficient (Wildman–Crippen LogP) is 1.80. The van der Waals surface area contributed by atoms with Crippen LogP contribution in [-0.2, 0) is 11.3 Å². The van der Waals surface area contributed by atoms with Gasteiger partial charge in [-0.2, -0.15) is 0 Å². The number of anilines is 1. The average molecular weight is 516 g/mol. The van der Waals surface area contributed by atoms with E-state index in [1.807, 2.05) is 23.1 Å². The van der Waals surface area contributed by atoms with E-state index in [-0.39, 0.29) is 5.91 Å². The van der Waals surface area contributed by atoms with Crippen molar-refractivity contribution in [1.29, 1.82) is 0 Å². The molecule has 1 aromatic heterocycles. The maximum Gasteiger partial charge on any atom is 0.275 e. The number of benzene rings is 1. The molecule has 0 saturated carbocycles. The number of oxazole rings is 1. The normalized spacial score (nSPS) is 18.4. The van der Waals surface area contributed by atoms with E-state index in [0.717, 1.165) is 50.7 Å². The molecule has 37 heavy (non-hydrogen) atoms. The molecule has 2 saturated heterocycles. The van der Waals surface area contributed by atoms with Crippen LogP contribution >= 0.6 is 0 Å². The minimum Gasteiger partial charge on any atom is -0.497 e. The molecule has 1 unspecified atom stereocenters. The number of amides is 1. The van der Waals surface area contributed by atoms with Gasteiger partial charge in [0.25, 0.3) is 5.91 Å². The first-order valence-electron chi connectivity index (χ1n) is 13.2. The number of piperazine rings is 2. The topological polar surface area (TPSA) is 94.8 Å². The highest BCUT2D eigenvalue weighted by molar-refractivity contribution is 5.92. The zero-order valence-electron chi connectivity index (χ0n) is 22.3. The maximum absolute atomic E-state index is 13.0. The smallest absolute Gasteiger partial charge is 0.275 e. The third-order valence-electron chi connectivity index (χ3n) is 6.81. The summed E-state index contributed by atoms with van der Waals surface area (Å²) in [5.41, 5.74) is 1.47. The molecule has 204 valence electrons. The van der Waals surface area contributed by atoms with Crippen molar-refractivity contribution in [1.82, 2.24) is 19.7 Å². The highest BCUT2D eigenvalue weighted by atomic mass is 16.5. The Labute approximate surface area is 219 Å². The van der Waals surface area contributed by atoms with E-state index < -0.39 is 6.10 Å². The molecule has 2 aliphatic heterocycles. The largest absolute Gasteiger partial charge is 0.497 e. The first-order chi connectivity index (χ1) is 17.9. The van der Waals surface area contributed by atoms with Gasteiger partial charge in [0.05, 0.1) is 26.4 Å². The van der Waals surface area contributed by atoms with Crippen molar-refractivity contribution in [3.8, 4) is 5.75 Å². The molecule has 2 aliphatic rings. The Balaban J connectivity index is 1.18. The minimum atomic E-state index is -0.469. The van der Waals surface area contributed by atoms with Crippen molar-refractivity contribution in [3.05, 3.63) is 42.1 Å². The highest BCUT2D eigenvalue weighted by Crippen LogP contribution is 2.22. The molecule has 1 amide bonds. The van der Waals surface area contributed by atoms with Crippen LogP contribution in [0.15, 0.2) is 34.9 Å². The summed E-state index contributed by atoms with van der Waals surface area (Å²) >= 11 is 0. The van der Waals surface area contributed by atoms with Gasteiger partial charge in [0.15, 0.2) is 5.69 Å². The van der Waals surface area contributed by atoms with Gasteiger partial charge in [-0.3, -0.25) is 14.6 Å². The number of aromatic nitrogens is 1. The van der Waals surface area contributed by atoms with Crippen LogP contribution in [0.4, 0.5) is 5.69 Å². The Morgan fingerprint density at radius 1 is 1.05 bits per heavy atom. The molecule has 2 aromatic rings. The predicted molar refractivity (Wildman–Crippen MR) is 141 cm³/mol. The lowest BCUT2D eigenvalue weighted by atomic mass is 10.2. The molecule has 0 radical (unpaired) electrons. The molecule has 0 aliphatic carbocycles. The summed E-state index contributed by atoms with van der Waals surface area (Å²) in [5.74, 6) is 1.78. The number of aliphatic hydroxyl groups is 1. The fourth-order valence-electron chi connectivity index (χ4n) is 4.73. The van der Waals surface area contributed by atoms with E-state index in [0.29, 0.717) is 56.9 Å².